The molecule has 0 saturated heterocycles. The highest BCUT2D eigenvalue weighted by molar-refractivity contribution is 9.10. The summed E-state index contributed by atoms with van der Waals surface area (Å²) < 4.78 is 0.913. The summed E-state index contributed by atoms with van der Waals surface area (Å²) in [6.07, 6.45) is 1.75. The zero-order chi connectivity index (χ0) is 9.84. The van der Waals surface area contributed by atoms with E-state index < -0.39 is 0 Å². The molecule has 0 fully saturated rings. The fourth-order valence-corrected chi connectivity index (χ4v) is 1.39. The van der Waals surface area contributed by atoms with Gasteiger partial charge < -0.3 is 10.2 Å². The van der Waals surface area contributed by atoms with Gasteiger partial charge in [0.05, 0.1) is 4.47 Å². The molecular formula is C8H13BrN4. The molecule has 13 heavy (non-hydrogen) atoms. The third-order valence-electron chi connectivity index (χ3n) is 1.79. The summed E-state index contributed by atoms with van der Waals surface area (Å²) in [5, 5.41) is 2.90. The van der Waals surface area contributed by atoms with E-state index in [1.807, 2.05) is 11.9 Å². The van der Waals surface area contributed by atoms with Gasteiger partial charge in [0, 0.05) is 26.8 Å². The van der Waals surface area contributed by atoms with Gasteiger partial charge in [0.2, 0.25) is 5.95 Å². The van der Waals surface area contributed by atoms with Crippen LogP contribution in [0.2, 0.25) is 0 Å². The van der Waals surface area contributed by atoms with Crippen molar-refractivity contribution >= 4 is 27.7 Å². The van der Waals surface area contributed by atoms with Gasteiger partial charge in [-0.25, -0.2) is 4.98 Å². The fraction of sp³-hybridized carbons (Fsp3) is 0.500. The van der Waals surface area contributed by atoms with Crippen LogP contribution in [0.5, 0.6) is 0 Å². The summed E-state index contributed by atoms with van der Waals surface area (Å²) in [6, 6.07) is 0. The first-order chi connectivity index (χ1) is 6.19. The number of hydrogen-bond donors (Lipinski definition) is 1. The zero-order valence-corrected chi connectivity index (χ0v) is 9.59. The molecule has 0 spiro atoms. The summed E-state index contributed by atoms with van der Waals surface area (Å²) in [7, 11) is 3.80. The Balaban J connectivity index is 3.03. The van der Waals surface area contributed by atoms with Gasteiger partial charge in [-0.2, -0.15) is 4.98 Å². The number of rotatable bonds is 3. The highest BCUT2D eigenvalue weighted by Gasteiger charge is 2.06. The lowest BCUT2D eigenvalue weighted by molar-refractivity contribution is 0.924. The molecule has 4 nitrogen and oxygen atoms in total. The molecule has 72 valence electrons. The van der Waals surface area contributed by atoms with Gasteiger partial charge >= 0.3 is 0 Å². The number of halogens is 1. The first-order valence-electron chi connectivity index (χ1n) is 4.10. The van der Waals surface area contributed by atoms with Crippen LogP contribution in [-0.2, 0) is 0 Å². The van der Waals surface area contributed by atoms with E-state index in [4.69, 9.17) is 0 Å². The van der Waals surface area contributed by atoms with Crippen LogP contribution >= 0.6 is 15.9 Å². The predicted molar refractivity (Wildman–Crippen MR) is 58.2 cm³/mol. The van der Waals surface area contributed by atoms with Crippen molar-refractivity contribution in [3.8, 4) is 0 Å². The molecule has 0 atom stereocenters. The van der Waals surface area contributed by atoms with E-state index in [-0.39, 0.29) is 0 Å². The van der Waals surface area contributed by atoms with Crippen LogP contribution in [0, 0.1) is 0 Å². The molecule has 0 aliphatic heterocycles. The molecule has 1 N–H and O–H groups in total. The van der Waals surface area contributed by atoms with Crippen molar-refractivity contribution in [2.75, 3.05) is 30.9 Å². The molecule has 1 rings (SSSR count). The molecule has 0 aliphatic rings. The van der Waals surface area contributed by atoms with Crippen molar-refractivity contribution in [2.24, 2.45) is 0 Å². The van der Waals surface area contributed by atoms with E-state index in [2.05, 4.69) is 38.1 Å². The van der Waals surface area contributed by atoms with Gasteiger partial charge in [-0.1, -0.05) is 0 Å². The topological polar surface area (TPSA) is 41.1 Å². The predicted octanol–water partition coefficient (Wildman–Crippen LogP) is 1.74. The smallest absolute Gasteiger partial charge is 0.224 e. The van der Waals surface area contributed by atoms with Crippen LogP contribution in [0.4, 0.5) is 11.8 Å². The summed E-state index contributed by atoms with van der Waals surface area (Å²) >= 11 is 3.41. The highest BCUT2D eigenvalue weighted by Crippen LogP contribution is 2.22. The van der Waals surface area contributed by atoms with Gasteiger partial charge in [-0.05, 0) is 22.9 Å². The van der Waals surface area contributed by atoms with Crippen LogP contribution in [0.15, 0.2) is 10.7 Å². The quantitative estimate of drug-likeness (QED) is 0.880. The summed E-state index contributed by atoms with van der Waals surface area (Å²) in [4.78, 5) is 10.4. The molecule has 1 aromatic rings. The maximum atomic E-state index is 4.32. The Bertz CT molecular complexity index is 289. The Hall–Kier alpha value is -0.840. The third kappa shape index (κ3) is 2.30. The number of nitrogens with zero attached hydrogens (tertiary/aromatic N) is 3. The number of anilines is 2. The normalized spacial score (nSPS) is 9.85. The Morgan fingerprint density at radius 2 is 2.31 bits per heavy atom. The number of hydrogen-bond acceptors (Lipinski definition) is 4. The van der Waals surface area contributed by atoms with Crippen molar-refractivity contribution in [1.82, 2.24) is 9.97 Å². The first-order valence-corrected chi connectivity index (χ1v) is 4.89. The monoisotopic (exact) mass is 244 g/mol. The average Bonchev–Trinajstić information content (AvgIpc) is 2.17. The largest absolute Gasteiger partial charge is 0.359 e. The molecule has 0 amide bonds. The van der Waals surface area contributed by atoms with Gasteiger partial charge in [-0.3, -0.25) is 0 Å². The molecule has 0 saturated carbocycles. The standard InChI is InChI=1S/C8H13BrN4/c1-4-13(3)7-6(9)5-11-8(10-2)12-7/h5H,4H2,1-3H3,(H,10,11,12). The maximum absolute atomic E-state index is 4.32. The minimum absolute atomic E-state index is 0.638. The van der Waals surface area contributed by atoms with Gasteiger partial charge in [0.15, 0.2) is 0 Å². The SMILES string of the molecule is CCN(C)c1nc(NC)ncc1Br. The number of aromatic nitrogens is 2. The van der Waals surface area contributed by atoms with Crippen molar-refractivity contribution in [3.63, 3.8) is 0 Å². The van der Waals surface area contributed by atoms with Crippen LogP contribution in [0.3, 0.4) is 0 Å². The molecule has 0 radical (unpaired) electrons. The molecule has 1 heterocycles. The number of nitrogens with one attached hydrogen (secondary N) is 1. The van der Waals surface area contributed by atoms with Gasteiger partial charge in [0.25, 0.3) is 0 Å². The first kappa shape index (κ1) is 10.2. The second-order valence-electron chi connectivity index (χ2n) is 2.63. The maximum Gasteiger partial charge on any atom is 0.224 e. The average molecular weight is 245 g/mol. The molecule has 1 aromatic heterocycles. The van der Waals surface area contributed by atoms with Gasteiger partial charge in [-0.15, -0.1) is 0 Å². The van der Waals surface area contributed by atoms with E-state index in [0.717, 1.165) is 16.8 Å². The summed E-state index contributed by atoms with van der Waals surface area (Å²) in [5.41, 5.74) is 0. The highest BCUT2D eigenvalue weighted by atomic mass is 79.9. The Labute approximate surface area is 86.5 Å². The van der Waals surface area contributed by atoms with E-state index >= 15 is 0 Å². The zero-order valence-electron chi connectivity index (χ0n) is 8.00. The molecule has 0 unspecified atom stereocenters. The van der Waals surface area contributed by atoms with E-state index in [0.29, 0.717) is 5.95 Å². The molecule has 5 heteroatoms. The van der Waals surface area contributed by atoms with Crippen LogP contribution in [-0.4, -0.2) is 30.6 Å². The lowest BCUT2D eigenvalue weighted by Gasteiger charge is -2.17. The minimum atomic E-state index is 0.638. The second-order valence-corrected chi connectivity index (χ2v) is 3.48. The Morgan fingerprint density at radius 1 is 1.62 bits per heavy atom. The molecule has 0 aliphatic carbocycles. The van der Waals surface area contributed by atoms with Crippen LogP contribution in [0.1, 0.15) is 6.92 Å². The second kappa shape index (κ2) is 4.41. The Kier molecular flexibility index (Phi) is 3.48. The lowest BCUT2D eigenvalue weighted by atomic mass is 10.5. The lowest BCUT2D eigenvalue weighted by Crippen LogP contribution is -2.18. The van der Waals surface area contributed by atoms with Crippen molar-refractivity contribution < 1.29 is 0 Å². The summed E-state index contributed by atoms with van der Waals surface area (Å²) in [6.45, 7) is 2.99. The molecule has 0 bridgehead atoms. The molecule has 0 aromatic carbocycles. The fourth-order valence-electron chi connectivity index (χ4n) is 0.896. The van der Waals surface area contributed by atoms with Crippen molar-refractivity contribution in [3.05, 3.63) is 10.7 Å². The molecular weight excluding hydrogens is 232 g/mol. The van der Waals surface area contributed by atoms with Gasteiger partial charge in [0.1, 0.15) is 5.82 Å². The van der Waals surface area contributed by atoms with Crippen molar-refractivity contribution in [1.29, 1.82) is 0 Å². The van der Waals surface area contributed by atoms with Crippen LogP contribution < -0.4 is 10.2 Å². The van der Waals surface area contributed by atoms with E-state index in [9.17, 15) is 0 Å². The van der Waals surface area contributed by atoms with E-state index in [1.54, 1.807) is 13.2 Å². The minimum Gasteiger partial charge on any atom is -0.359 e. The van der Waals surface area contributed by atoms with Crippen LogP contribution in [0.25, 0.3) is 0 Å². The Morgan fingerprint density at radius 3 is 2.85 bits per heavy atom. The third-order valence-corrected chi connectivity index (χ3v) is 2.34. The van der Waals surface area contributed by atoms with Crippen molar-refractivity contribution in [2.45, 2.75) is 6.92 Å². The van der Waals surface area contributed by atoms with E-state index in [1.165, 1.54) is 0 Å². The summed E-state index contributed by atoms with van der Waals surface area (Å²) in [5.74, 6) is 1.54.